The zero-order valence-corrected chi connectivity index (χ0v) is 13.4. The van der Waals surface area contributed by atoms with Gasteiger partial charge in [-0.15, -0.1) is 0 Å². The third kappa shape index (κ3) is 3.69. The maximum atomic E-state index is 12.7. The molecule has 2 atom stereocenters. The molecule has 0 aliphatic carbocycles. The standard InChI is InChI=1S/C13H14BrF3N2S/c1-7-6-20-12(18-8(7)2)19-11-5-9(13(15,16)17)3-4-10(11)14/h3-5,7-8H,6H2,1-2H3,(H,18,19). The molecule has 2 unspecified atom stereocenters. The summed E-state index contributed by atoms with van der Waals surface area (Å²) in [7, 11) is 0. The fourth-order valence-electron chi connectivity index (χ4n) is 1.68. The first-order valence-electron chi connectivity index (χ1n) is 6.11. The lowest BCUT2D eigenvalue weighted by Gasteiger charge is -2.24. The van der Waals surface area contributed by atoms with E-state index in [1.165, 1.54) is 17.8 Å². The molecule has 110 valence electrons. The van der Waals surface area contributed by atoms with E-state index in [1.807, 2.05) is 6.92 Å². The van der Waals surface area contributed by atoms with Crippen molar-refractivity contribution in [3.05, 3.63) is 28.2 Å². The number of anilines is 1. The summed E-state index contributed by atoms with van der Waals surface area (Å²) in [6.07, 6.45) is -4.35. The van der Waals surface area contributed by atoms with Crippen LogP contribution in [0.1, 0.15) is 19.4 Å². The molecule has 1 aliphatic rings. The van der Waals surface area contributed by atoms with Crippen LogP contribution in [0.4, 0.5) is 18.9 Å². The predicted octanol–water partition coefficient (Wildman–Crippen LogP) is 5.01. The highest BCUT2D eigenvalue weighted by molar-refractivity contribution is 9.10. The van der Waals surface area contributed by atoms with Crippen molar-refractivity contribution in [3.63, 3.8) is 0 Å². The molecule has 0 spiro atoms. The maximum absolute atomic E-state index is 12.7. The summed E-state index contributed by atoms with van der Waals surface area (Å²) in [5.41, 5.74) is -0.293. The van der Waals surface area contributed by atoms with Gasteiger partial charge in [0.1, 0.15) is 0 Å². The van der Waals surface area contributed by atoms with Crippen LogP contribution in [0, 0.1) is 5.92 Å². The number of rotatable bonds is 1. The second kappa shape index (κ2) is 5.97. The summed E-state index contributed by atoms with van der Waals surface area (Å²) < 4.78 is 38.7. The Kier molecular flexibility index (Phi) is 4.69. The number of amidine groups is 1. The summed E-state index contributed by atoms with van der Waals surface area (Å²) in [5, 5.41) is 3.64. The Morgan fingerprint density at radius 2 is 2.05 bits per heavy atom. The smallest absolute Gasteiger partial charge is 0.334 e. The lowest BCUT2D eigenvalue weighted by atomic mass is 10.1. The minimum atomic E-state index is -4.35. The van der Waals surface area contributed by atoms with Crippen LogP contribution in [0.2, 0.25) is 0 Å². The van der Waals surface area contributed by atoms with E-state index in [1.54, 1.807) is 0 Å². The number of aliphatic imine (C=N–C) groups is 1. The number of alkyl halides is 3. The topological polar surface area (TPSA) is 24.4 Å². The van der Waals surface area contributed by atoms with Gasteiger partial charge in [0.2, 0.25) is 0 Å². The van der Waals surface area contributed by atoms with Crippen LogP contribution in [-0.4, -0.2) is 17.0 Å². The van der Waals surface area contributed by atoms with Crippen molar-refractivity contribution in [1.82, 2.24) is 0 Å². The molecule has 0 saturated carbocycles. The average molecular weight is 367 g/mol. The van der Waals surface area contributed by atoms with Crippen molar-refractivity contribution in [2.75, 3.05) is 11.1 Å². The van der Waals surface area contributed by atoms with Crippen molar-refractivity contribution in [1.29, 1.82) is 0 Å². The van der Waals surface area contributed by atoms with Crippen LogP contribution < -0.4 is 5.32 Å². The SMILES string of the molecule is CC1CSC(Nc2cc(C(F)(F)F)ccc2Br)=NC1C. The Bertz CT molecular complexity index is 531. The van der Waals surface area contributed by atoms with Crippen LogP contribution in [0.3, 0.4) is 0 Å². The highest BCUT2D eigenvalue weighted by Gasteiger charge is 2.31. The van der Waals surface area contributed by atoms with Gasteiger partial charge in [-0.1, -0.05) is 18.7 Å². The lowest BCUT2D eigenvalue weighted by molar-refractivity contribution is -0.137. The van der Waals surface area contributed by atoms with Gasteiger partial charge in [0.05, 0.1) is 17.3 Å². The van der Waals surface area contributed by atoms with E-state index in [2.05, 4.69) is 33.2 Å². The van der Waals surface area contributed by atoms with Crippen LogP contribution in [0.15, 0.2) is 27.7 Å². The van der Waals surface area contributed by atoms with Crippen LogP contribution in [-0.2, 0) is 6.18 Å². The minimum absolute atomic E-state index is 0.170. The second-order valence-corrected chi connectivity index (χ2v) is 6.64. The molecule has 0 bridgehead atoms. The molecule has 0 saturated heterocycles. The normalized spacial score (nSPS) is 23.4. The molecular formula is C13H14BrF3N2S. The predicted molar refractivity (Wildman–Crippen MR) is 81.3 cm³/mol. The average Bonchev–Trinajstić information content (AvgIpc) is 2.35. The molecule has 7 heteroatoms. The van der Waals surface area contributed by atoms with Gasteiger partial charge in [0.15, 0.2) is 5.17 Å². The van der Waals surface area contributed by atoms with Crippen molar-refractivity contribution >= 4 is 38.5 Å². The van der Waals surface area contributed by atoms with E-state index in [0.29, 0.717) is 21.2 Å². The van der Waals surface area contributed by atoms with E-state index >= 15 is 0 Å². The van der Waals surface area contributed by atoms with E-state index in [0.717, 1.165) is 17.9 Å². The molecule has 1 N–H and O–H groups in total. The Morgan fingerprint density at radius 3 is 2.65 bits per heavy atom. The van der Waals surface area contributed by atoms with Crippen molar-refractivity contribution < 1.29 is 13.2 Å². The third-order valence-electron chi connectivity index (χ3n) is 3.16. The number of hydrogen-bond donors (Lipinski definition) is 1. The fourth-order valence-corrected chi connectivity index (χ4v) is 3.15. The van der Waals surface area contributed by atoms with Crippen LogP contribution in [0.25, 0.3) is 0 Å². The minimum Gasteiger partial charge on any atom is -0.334 e. The fraction of sp³-hybridized carbons (Fsp3) is 0.462. The van der Waals surface area contributed by atoms with Crippen LogP contribution >= 0.6 is 27.7 Å². The highest BCUT2D eigenvalue weighted by Crippen LogP contribution is 2.35. The Hall–Kier alpha value is -0.690. The summed E-state index contributed by atoms with van der Waals surface area (Å²) in [6.45, 7) is 4.12. The molecule has 0 amide bonds. The molecule has 1 aliphatic heterocycles. The number of hydrogen-bond acceptors (Lipinski definition) is 3. The van der Waals surface area contributed by atoms with Gasteiger partial charge in [0.25, 0.3) is 0 Å². The number of halogens is 4. The number of benzene rings is 1. The first kappa shape index (κ1) is 15.7. The van der Waals surface area contributed by atoms with Crippen LogP contribution in [0.5, 0.6) is 0 Å². The maximum Gasteiger partial charge on any atom is 0.416 e. The second-order valence-electron chi connectivity index (χ2n) is 4.78. The summed E-state index contributed by atoms with van der Waals surface area (Å²) in [5.74, 6) is 1.37. The van der Waals surface area contributed by atoms with Gasteiger partial charge in [0, 0.05) is 10.2 Å². The molecule has 1 heterocycles. The van der Waals surface area contributed by atoms with E-state index < -0.39 is 11.7 Å². The highest BCUT2D eigenvalue weighted by atomic mass is 79.9. The van der Waals surface area contributed by atoms with E-state index in [4.69, 9.17) is 0 Å². The zero-order chi connectivity index (χ0) is 14.9. The Balaban J connectivity index is 2.23. The first-order chi connectivity index (χ1) is 9.27. The zero-order valence-electron chi connectivity index (χ0n) is 11.0. The number of nitrogens with zero attached hydrogens (tertiary/aromatic N) is 1. The molecule has 1 aromatic carbocycles. The lowest BCUT2D eigenvalue weighted by Crippen LogP contribution is -2.25. The monoisotopic (exact) mass is 366 g/mol. The molecule has 0 fully saturated rings. The molecule has 2 nitrogen and oxygen atoms in total. The van der Waals surface area contributed by atoms with Gasteiger partial charge >= 0.3 is 6.18 Å². The third-order valence-corrected chi connectivity index (χ3v) is 5.03. The molecule has 2 rings (SSSR count). The van der Waals surface area contributed by atoms with Crippen molar-refractivity contribution in [3.8, 4) is 0 Å². The van der Waals surface area contributed by atoms with Gasteiger partial charge in [-0.2, -0.15) is 13.2 Å². The Morgan fingerprint density at radius 1 is 1.35 bits per heavy atom. The van der Waals surface area contributed by atoms with Crippen molar-refractivity contribution in [2.24, 2.45) is 10.9 Å². The van der Waals surface area contributed by atoms with E-state index in [9.17, 15) is 13.2 Å². The summed E-state index contributed by atoms with van der Waals surface area (Å²) >= 11 is 4.79. The molecule has 1 aromatic rings. The molecule has 0 radical (unpaired) electrons. The molecular weight excluding hydrogens is 353 g/mol. The van der Waals surface area contributed by atoms with Gasteiger partial charge in [-0.05, 0) is 47.0 Å². The van der Waals surface area contributed by atoms with Crippen molar-refractivity contribution in [2.45, 2.75) is 26.1 Å². The molecule has 0 aromatic heterocycles. The number of thioether (sulfide) groups is 1. The van der Waals surface area contributed by atoms with Gasteiger partial charge in [-0.3, -0.25) is 4.99 Å². The number of nitrogens with one attached hydrogen (secondary N) is 1. The quantitative estimate of drug-likeness (QED) is 0.755. The summed E-state index contributed by atoms with van der Waals surface area (Å²) in [6, 6.07) is 3.71. The largest absolute Gasteiger partial charge is 0.416 e. The first-order valence-corrected chi connectivity index (χ1v) is 7.89. The Labute approximate surface area is 128 Å². The van der Waals surface area contributed by atoms with Gasteiger partial charge in [-0.25, -0.2) is 0 Å². The molecule has 20 heavy (non-hydrogen) atoms. The van der Waals surface area contributed by atoms with Gasteiger partial charge < -0.3 is 5.32 Å². The van der Waals surface area contributed by atoms with E-state index in [-0.39, 0.29) is 6.04 Å². The summed E-state index contributed by atoms with van der Waals surface area (Å²) in [4.78, 5) is 4.46.